The van der Waals surface area contributed by atoms with Crippen LogP contribution in [0, 0.1) is 17.7 Å². The summed E-state index contributed by atoms with van der Waals surface area (Å²) >= 11 is 0. The van der Waals surface area contributed by atoms with Gasteiger partial charge in [-0.05, 0) is 81.4 Å². The lowest BCUT2D eigenvalue weighted by Gasteiger charge is -2.33. The Balaban J connectivity index is 1.42. The van der Waals surface area contributed by atoms with Crippen LogP contribution in [0.5, 0.6) is 0 Å². The van der Waals surface area contributed by atoms with Crippen LogP contribution in [0.2, 0.25) is 0 Å². The van der Waals surface area contributed by atoms with Crippen LogP contribution in [0.1, 0.15) is 24.8 Å². The zero-order valence-electron chi connectivity index (χ0n) is 12.2. The van der Waals surface area contributed by atoms with Gasteiger partial charge >= 0.3 is 0 Å². The van der Waals surface area contributed by atoms with Gasteiger partial charge in [0.1, 0.15) is 5.82 Å². The van der Waals surface area contributed by atoms with Gasteiger partial charge in [0.2, 0.25) is 0 Å². The Kier molecular flexibility index (Phi) is 4.69. The third kappa shape index (κ3) is 3.80. The summed E-state index contributed by atoms with van der Waals surface area (Å²) in [6, 6.07) is 7.03. The fourth-order valence-electron chi connectivity index (χ4n) is 3.56. The van der Waals surface area contributed by atoms with Crippen molar-refractivity contribution in [3.63, 3.8) is 0 Å². The standard InChI is InChI=1S/C17H25FN2/c18-17-3-1-14(2-4-17)11-15-6-9-20(10-7-15)13-16-5-8-19-12-16/h1-4,15-16,19H,5-13H2. The molecule has 1 atom stereocenters. The summed E-state index contributed by atoms with van der Waals surface area (Å²) in [6.07, 6.45) is 5.03. The SMILES string of the molecule is Fc1ccc(CC2CCN(CC3CCNC3)CC2)cc1. The van der Waals surface area contributed by atoms with Gasteiger partial charge in [0.15, 0.2) is 0 Å². The highest BCUT2D eigenvalue weighted by molar-refractivity contribution is 5.16. The van der Waals surface area contributed by atoms with E-state index in [0.29, 0.717) is 0 Å². The molecule has 3 heteroatoms. The molecule has 0 amide bonds. The van der Waals surface area contributed by atoms with Crippen molar-refractivity contribution in [3.05, 3.63) is 35.6 Å². The molecular formula is C17H25FN2. The fraction of sp³-hybridized carbons (Fsp3) is 0.647. The third-order valence-electron chi connectivity index (χ3n) is 4.82. The average molecular weight is 276 g/mol. The van der Waals surface area contributed by atoms with Crippen molar-refractivity contribution in [3.8, 4) is 0 Å². The zero-order chi connectivity index (χ0) is 13.8. The van der Waals surface area contributed by atoms with Crippen molar-refractivity contribution in [2.24, 2.45) is 11.8 Å². The Hall–Kier alpha value is -0.930. The summed E-state index contributed by atoms with van der Waals surface area (Å²) in [7, 11) is 0. The number of hydrogen-bond acceptors (Lipinski definition) is 2. The van der Waals surface area contributed by atoms with Crippen molar-refractivity contribution in [2.45, 2.75) is 25.7 Å². The Bertz CT molecular complexity index is 404. The Morgan fingerprint density at radius 2 is 1.80 bits per heavy atom. The first-order valence-corrected chi connectivity index (χ1v) is 7.97. The second-order valence-electron chi connectivity index (χ2n) is 6.43. The zero-order valence-corrected chi connectivity index (χ0v) is 12.2. The van der Waals surface area contributed by atoms with E-state index in [9.17, 15) is 4.39 Å². The van der Waals surface area contributed by atoms with Crippen LogP contribution >= 0.6 is 0 Å². The van der Waals surface area contributed by atoms with E-state index in [1.807, 2.05) is 12.1 Å². The van der Waals surface area contributed by atoms with E-state index >= 15 is 0 Å². The van der Waals surface area contributed by atoms with E-state index in [1.165, 1.54) is 57.5 Å². The summed E-state index contributed by atoms with van der Waals surface area (Å²) in [4.78, 5) is 2.64. The molecule has 2 aliphatic heterocycles. The van der Waals surface area contributed by atoms with Crippen molar-refractivity contribution in [1.82, 2.24) is 10.2 Å². The Morgan fingerprint density at radius 1 is 1.05 bits per heavy atom. The first kappa shape index (κ1) is 14.0. The second-order valence-corrected chi connectivity index (χ2v) is 6.43. The Labute approximate surface area is 121 Å². The molecule has 0 saturated carbocycles. The number of benzene rings is 1. The van der Waals surface area contributed by atoms with E-state index in [0.717, 1.165) is 18.3 Å². The molecule has 1 aromatic rings. The number of halogens is 1. The van der Waals surface area contributed by atoms with Crippen molar-refractivity contribution < 1.29 is 4.39 Å². The Morgan fingerprint density at radius 3 is 2.45 bits per heavy atom. The number of hydrogen-bond donors (Lipinski definition) is 1. The monoisotopic (exact) mass is 276 g/mol. The van der Waals surface area contributed by atoms with Crippen LogP contribution < -0.4 is 5.32 Å². The summed E-state index contributed by atoms with van der Waals surface area (Å²) < 4.78 is 12.9. The van der Waals surface area contributed by atoms with Crippen LogP contribution in [-0.4, -0.2) is 37.6 Å². The summed E-state index contributed by atoms with van der Waals surface area (Å²) in [6.45, 7) is 6.15. The molecule has 1 N–H and O–H groups in total. The van der Waals surface area contributed by atoms with Crippen LogP contribution in [0.25, 0.3) is 0 Å². The maximum Gasteiger partial charge on any atom is 0.123 e. The van der Waals surface area contributed by atoms with Gasteiger partial charge in [-0.25, -0.2) is 4.39 Å². The largest absolute Gasteiger partial charge is 0.316 e. The smallest absolute Gasteiger partial charge is 0.123 e. The van der Waals surface area contributed by atoms with Gasteiger partial charge in [0.25, 0.3) is 0 Å². The predicted octanol–water partition coefficient (Wildman–Crippen LogP) is 2.69. The molecule has 2 saturated heterocycles. The highest BCUT2D eigenvalue weighted by Gasteiger charge is 2.23. The topological polar surface area (TPSA) is 15.3 Å². The quantitative estimate of drug-likeness (QED) is 0.909. The number of rotatable bonds is 4. The van der Waals surface area contributed by atoms with Crippen LogP contribution in [0.3, 0.4) is 0 Å². The van der Waals surface area contributed by atoms with Crippen LogP contribution in [0.15, 0.2) is 24.3 Å². The highest BCUT2D eigenvalue weighted by Crippen LogP contribution is 2.23. The average Bonchev–Trinajstić information content (AvgIpc) is 2.96. The van der Waals surface area contributed by atoms with Crippen LogP contribution in [-0.2, 0) is 6.42 Å². The minimum Gasteiger partial charge on any atom is -0.316 e. The number of nitrogens with zero attached hydrogens (tertiary/aromatic N) is 1. The molecular weight excluding hydrogens is 251 g/mol. The molecule has 1 aromatic carbocycles. The van der Waals surface area contributed by atoms with Gasteiger partial charge in [0, 0.05) is 6.54 Å². The van der Waals surface area contributed by atoms with Gasteiger partial charge in [0.05, 0.1) is 0 Å². The molecule has 2 aliphatic rings. The molecule has 110 valence electrons. The third-order valence-corrected chi connectivity index (χ3v) is 4.82. The minimum atomic E-state index is -0.131. The summed E-state index contributed by atoms with van der Waals surface area (Å²) in [5.41, 5.74) is 1.28. The molecule has 2 fully saturated rings. The molecule has 0 aliphatic carbocycles. The molecule has 2 heterocycles. The molecule has 0 spiro atoms. The van der Waals surface area contributed by atoms with Gasteiger partial charge in [-0.2, -0.15) is 0 Å². The minimum absolute atomic E-state index is 0.131. The molecule has 0 bridgehead atoms. The summed E-state index contributed by atoms with van der Waals surface area (Å²) in [5, 5.41) is 3.45. The van der Waals surface area contributed by atoms with Gasteiger partial charge in [-0.3, -0.25) is 0 Å². The van der Waals surface area contributed by atoms with Crippen LogP contribution in [0.4, 0.5) is 4.39 Å². The van der Waals surface area contributed by atoms with Crippen molar-refractivity contribution >= 4 is 0 Å². The maximum absolute atomic E-state index is 12.9. The highest BCUT2D eigenvalue weighted by atomic mass is 19.1. The van der Waals surface area contributed by atoms with E-state index in [1.54, 1.807) is 12.1 Å². The van der Waals surface area contributed by atoms with E-state index < -0.39 is 0 Å². The van der Waals surface area contributed by atoms with E-state index in [4.69, 9.17) is 0 Å². The second kappa shape index (κ2) is 6.68. The lowest BCUT2D eigenvalue weighted by Crippen LogP contribution is -2.38. The lowest BCUT2D eigenvalue weighted by molar-refractivity contribution is 0.164. The first-order valence-electron chi connectivity index (χ1n) is 7.97. The van der Waals surface area contributed by atoms with E-state index in [2.05, 4.69) is 10.2 Å². The lowest BCUT2D eigenvalue weighted by atomic mass is 9.90. The molecule has 20 heavy (non-hydrogen) atoms. The predicted molar refractivity (Wildman–Crippen MR) is 80.2 cm³/mol. The van der Waals surface area contributed by atoms with Gasteiger partial charge < -0.3 is 10.2 Å². The molecule has 2 nitrogen and oxygen atoms in total. The molecule has 3 rings (SSSR count). The maximum atomic E-state index is 12.9. The van der Waals surface area contributed by atoms with Gasteiger partial charge in [-0.15, -0.1) is 0 Å². The van der Waals surface area contributed by atoms with Gasteiger partial charge in [-0.1, -0.05) is 12.1 Å². The number of piperidine rings is 1. The molecule has 0 aromatic heterocycles. The summed E-state index contributed by atoms with van der Waals surface area (Å²) in [5.74, 6) is 1.51. The fourth-order valence-corrected chi connectivity index (χ4v) is 3.56. The van der Waals surface area contributed by atoms with Crippen molar-refractivity contribution in [2.75, 3.05) is 32.7 Å². The first-order chi connectivity index (χ1) is 9.79. The van der Waals surface area contributed by atoms with Crippen molar-refractivity contribution in [1.29, 1.82) is 0 Å². The molecule has 0 radical (unpaired) electrons. The molecule has 1 unspecified atom stereocenters. The normalized spacial score (nSPS) is 25.1. The number of likely N-dealkylation sites (tertiary alicyclic amines) is 1. The van der Waals surface area contributed by atoms with E-state index in [-0.39, 0.29) is 5.82 Å². The number of nitrogens with one attached hydrogen (secondary N) is 1.